The number of hydrogen-bond donors (Lipinski definition) is 3. The summed E-state index contributed by atoms with van der Waals surface area (Å²) in [5.41, 5.74) is 3.39. The van der Waals surface area contributed by atoms with E-state index in [9.17, 15) is 14.4 Å². The molecule has 0 heterocycles. The molecule has 4 aromatic rings. The largest absolute Gasteiger partial charge is 0.325 e. The highest BCUT2D eigenvalue weighted by Crippen LogP contribution is 2.24. The fourth-order valence-corrected chi connectivity index (χ4v) is 4.88. The van der Waals surface area contributed by atoms with Crippen LogP contribution in [0.5, 0.6) is 0 Å². The third-order valence-electron chi connectivity index (χ3n) is 5.65. The van der Waals surface area contributed by atoms with Crippen molar-refractivity contribution in [2.75, 3.05) is 16.4 Å². The van der Waals surface area contributed by atoms with Gasteiger partial charge in [0.25, 0.3) is 11.8 Å². The molecule has 0 unspecified atom stereocenters. The minimum absolute atomic E-state index is 0.111. The molecule has 0 fully saturated rings. The molecule has 6 nitrogen and oxygen atoms in total. The van der Waals surface area contributed by atoms with Gasteiger partial charge < -0.3 is 16.0 Å². The molecule has 0 saturated carbocycles. The van der Waals surface area contributed by atoms with Crippen LogP contribution in [0.2, 0.25) is 10.0 Å². The lowest BCUT2D eigenvalue weighted by atomic mass is 10.1. The number of carbonyl (C=O) groups is 3. The predicted octanol–water partition coefficient (Wildman–Crippen LogP) is 7.44. The zero-order valence-corrected chi connectivity index (χ0v) is 23.7. The van der Waals surface area contributed by atoms with Gasteiger partial charge in [0.1, 0.15) is 5.70 Å². The number of hydrogen-bond acceptors (Lipinski definition) is 4. The minimum atomic E-state index is -0.465. The van der Waals surface area contributed by atoms with E-state index < -0.39 is 5.91 Å². The maximum atomic E-state index is 13.2. The van der Waals surface area contributed by atoms with Crippen molar-refractivity contribution in [2.24, 2.45) is 0 Å². The number of nitrogens with one attached hydrogen (secondary N) is 3. The second kappa shape index (κ2) is 13.8. The van der Waals surface area contributed by atoms with Gasteiger partial charge in [-0.25, -0.2) is 0 Å². The normalized spacial score (nSPS) is 11.0. The number of halogens is 2. The van der Waals surface area contributed by atoms with Gasteiger partial charge in [0.2, 0.25) is 5.91 Å². The van der Waals surface area contributed by atoms with Crippen molar-refractivity contribution >= 4 is 70.1 Å². The van der Waals surface area contributed by atoms with Gasteiger partial charge in [-0.2, -0.15) is 0 Å². The molecule has 0 spiro atoms. The van der Waals surface area contributed by atoms with E-state index in [0.717, 1.165) is 16.0 Å². The number of thioether (sulfide) groups is 1. The van der Waals surface area contributed by atoms with Crippen LogP contribution < -0.4 is 16.0 Å². The molecule has 3 amide bonds. The Bertz CT molecular complexity index is 1540. The van der Waals surface area contributed by atoms with E-state index in [-0.39, 0.29) is 23.3 Å². The van der Waals surface area contributed by atoms with Gasteiger partial charge in [-0.05, 0) is 78.7 Å². The summed E-state index contributed by atoms with van der Waals surface area (Å²) in [5, 5.41) is 9.22. The van der Waals surface area contributed by atoms with Crippen LogP contribution in [0.25, 0.3) is 6.08 Å². The van der Waals surface area contributed by atoms with E-state index in [1.807, 2.05) is 37.3 Å². The van der Waals surface area contributed by atoms with E-state index >= 15 is 0 Å². The van der Waals surface area contributed by atoms with Crippen LogP contribution in [-0.2, 0) is 9.59 Å². The maximum Gasteiger partial charge on any atom is 0.272 e. The number of amides is 3. The average Bonchev–Trinajstić information content (AvgIpc) is 2.93. The zero-order chi connectivity index (χ0) is 28.5. The van der Waals surface area contributed by atoms with Crippen LogP contribution in [0.1, 0.15) is 21.5 Å². The highest BCUT2D eigenvalue weighted by molar-refractivity contribution is 8.00. The second-order valence-corrected chi connectivity index (χ2v) is 10.6. The molecule has 40 heavy (non-hydrogen) atoms. The minimum Gasteiger partial charge on any atom is -0.325 e. The summed E-state index contributed by atoms with van der Waals surface area (Å²) in [6.07, 6.45) is 1.65. The molecule has 3 N–H and O–H groups in total. The summed E-state index contributed by atoms with van der Waals surface area (Å²) in [4.78, 5) is 39.3. The molecule has 9 heteroatoms. The quantitative estimate of drug-likeness (QED) is 0.140. The molecular weight excluding hydrogens is 565 g/mol. The first kappa shape index (κ1) is 29.0. The van der Waals surface area contributed by atoms with Crippen molar-refractivity contribution in [3.8, 4) is 0 Å². The van der Waals surface area contributed by atoms with E-state index in [1.54, 1.807) is 72.8 Å². The molecule has 4 aromatic carbocycles. The highest BCUT2D eigenvalue weighted by Gasteiger charge is 2.16. The van der Waals surface area contributed by atoms with Gasteiger partial charge in [0.05, 0.1) is 5.75 Å². The fraction of sp³-hybridized carbons (Fsp3) is 0.0645. The molecule has 0 aromatic heterocycles. The van der Waals surface area contributed by atoms with Gasteiger partial charge in [-0.3, -0.25) is 14.4 Å². The number of benzene rings is 4. The molecule has 0 aliphatic rings. The van der Waals surface area contributed by atoms with Crippen molar-refractivity contribution in [1.29, 1.82) is 0 Å². The van der Waals surface area contributed by atoms with Gasteiger partial charge in [0, 0.05) is 31.9 Å². The summed E-state index contributed by atoms with van der Waals surface area (Å²) >= 11 is 13.3. The molecule has 4 rings (SSSR count). The van der Waals surface area contributed by atoms with E-state index in [4.69, 9.17) is 23.2 Å². The van der Waals surface area contributed by atoms with Crippen LogP contribution in [0.3, 0.4) is 0 Å². The molecule has 0 bridgehead atoms. The number of carbonyl (C=O) groups excluding carboxylic acids is 3. The fourth-order valence-electron chi connectivity index (χ4n) is 3.65. The van der Waals surface area contributed by atoms with Crippen LogP contribution in [-0.4, -0.2) is 23.5 Å². The number of anilines is 2. The Morgan fingerprint density at radius 1 is 0.775 bits per heavy atom. The van der Waals surface area contributed by atoms with E-state index in [2.05, 4.69) is 16.0 Å². The standard InChI is InChI=1S/C31H25Cl2N3O3S/c1-20-7-5-6-10-22(20)15-28(36-30(38)21-8-3-2-4-9-21)31(39)35-25-11-13-27(14-12-25)40-19-29(37)34-26-17-23(32)16-24(33)18-26/h2-18H,19H2,1H3,(H,34,37)(H,35,39)(H,36,38)/b28-15-. The maximum absolute atomic E-state index is 13.2. The Balaban J connectivity index is 1.41. The number of rotatable bonds is 9. The first-order chi connectivity index (χ1) is 19.3. The Morgan fingerprint density at radius 3 is 2.10 bits per heavy atom. The Kier molecular flexibility index (Phi) is 10.0. The Hall–Kier alpha value is -4.04. The monoisotopic (exact) mass is 589 g/mol. The molecular formula is C31H25Cl2N3O3S. The Morgan fingerprint density at radius 2 is 1.43 bits per heavy atom. The molecule has 202 valence electrons. The smallest absolute Gasteiger partial charge is 0.272 e. The third kappa shape index (κ3) is 8.48. The van der Waals surface area contributed by atoms with Crippen molar-refractivity contribution < 1.29 is 14.4 Å². The summed E-state index contributed by atoms with van der Waals surface area (Å²) < 4.78 is 0. The van der Waals surface area contributed by atoms with Crippen molar-refractivity contribution in [2.45, 2.75) is 11.8 Å². The lowest BCUT2D eigenvalue weighted by Gasteiger charge is -2.12. The molecule has 0 aliphatic carbocycles. The lowest BCUT2D eigenvalue weighted by Crippen LogP contribution is -2.30. The summed E-state index contributed by atoms with van der Waals surface area (Å²) in [5.74, 6) is -0.890. The molecule has 0 saturated heterocycles. The average molecular weight is 591 g/mol. The van der Waals surface area contributed by atoms with Gasteiger partial charge in [-0.15, -0.1) is 11.8 Å². The van der Waals surface area contributed by atoms with E-state index in [0.29, 0.717) is 27.0 Å². The summed E-state index contributed by atoms with van der Waals surface area (Å²) in [6, 6.07) is 28.2. The zero-order valence-electron chi connectivity index (χ0n) is 21.4. The SMILES string of the molecule is Cc1ccccc1/C=C(\NC(=O)c1ccccc1)C(=O)Nc1ccc(SCC(=O)Nc2cc(Cl)cc(Cl)c2)cc1. The molecule has 0 atom stereocenters. The first-order valence-electron chi connectivity index (χ1n) is 12.2. The van der Waals surface area contributed by atoms with Crippen LogP contribution in [0.15, 0.2) is 108 Å². The van der Waals surface area contributed by atoms with Crippen LogP contribution >= 0.6 is 35.0 Å². The second-order valence-electron chi connectivity index (χ2n) is 8.71. The Labute approximate surface area is 246 Å². The summed E-state index contributed by atoms with van der Waals surface area (Å²) in [6.45, 7) is 1.93. The molecule has 0 aliphatic heterocycles. The molecule has 0 radical (unpaired) electrons. The van der Waals surface area contributed by atoms with Crippen LogP contribution in [0, 0.1) is 6.92 Å². The topological polar surface area (TPSA) is 87.3 Å². The lowest BCUT2D eigenvalue weighted by molar-refractivity contribution is -0.114. The van der Waals surface area contributed by atoms with Crippen LogP contribution in [0.4, 0.5) is 11.4 Å². The summed E-state index contributed by atoms with van der Waals surface area (Å²) in [7, 11) is 0. The van der Waals surface area contributed by atoms with Gasteiger partial charge >= 0.3 is 0 Å². The van der Waals surface area contributed by atoms with Crippen molar-refractivity contribution in [3.63, 3.8) is 0 Å². The predicted molar refractivity (Wildman–Crippen MR) is 164 cm³/mol. The van der Waals surface area contributed by atoms with Crippen molar-refractivity contribution in [1.82, 2.24) is 5.32 Å². The van der Waals surface area contributed by atoms with Crippen molar-refractivity contribution in [3.05, 3.63) is 129 Å². The first-order valence-corrected chi connectivity index (χ1v) is 13.9. The third-order valence-corrected chi connectivity index (χ3v) is 7.09. The van der Waals surface area contributed by atoms with Gasteiger partial charge in [0.15, 0.2) is 0 Å². The highest BCUT2D eigenvalue weighted by atomic mass is 35.5. The number of aryl methyl sites for hydroxylation is 1. The van der Waals surface area contributed by atoms with Gasteiger partial charge in [-0.1, -0.05) is 65.7 Å². The van der Waals surface area contributed by atoms with E-state index in [1.165, 1.54) is 11.8 Å².